The molecule has 3 heteroatoms. The van der Waals surface area contributed by atoms with E-state index in [1.165, 1.54) is 5.56 Å². The molecular formula is C15H23N3. The lowest BCUT2D eigenvalue weighted by Crippen LogP contribution is -2.30. The number of nitrogens with two attached hydrogens (primary N) is 2. The van der Waals surface area contributed by atoms with Gasteiger partial charge in [0.1, 0.15) is 5.84 Å². The molecule has 1 aliphatic carbocycles. The molecule has 98 valence electrons. The van der Waals surface area contributed by atoms with E-state index in [9.17, 15) is 0 Å². The average molecular weight is 245 g/mol. The van der Waals surface area contributed by atoms with E-state index < -0.39 is 0 Å². The van der Waals surface area contributed by atoms with Crippen molar-refractivity contribution in [3.63, 3.8) is 0 Å². The summed E-state index contributed by atoms with van der Waals surface area (Å²) in [5.74, 6) is 1.16. The molecule has 2 unspecified atom stereocenters. The van der Waals surface area contributed by atoms with Crippen molar-refractivity contribution in [2.45, 2.75) is 51.1 Å². The first kappa shape index (κ1) is 13.1. The largest absolute Gasteiger partial charge is 0.383 e. The van der Waals surface area contributed by atoms with Crippen molar-refractivity contribution in [1.29, 1.82) is 0 Å². The van der Waals surface area contributed by atoms with Crippen LogP contribution in [0.25, 0.3) is 0 Å². The van der Waals surface area contributed by atoms with Crippen LogP contribution < -0.4 is 11.5 Å². The molecule has 2 rings (SSSR count). The van der Waals surface area contributed by atoms with E-state index in [0.29, 0.717) is 11.8 Å². The quantitative estimate of drug-likeness (QED) is 0.634. The van der Waals surface area contributed by atoms with E-state index >= 15 is 0 Å². The highest BCUT2D eigenvalue weighted by Gasteiger charge is 2.23. The molecule has 0 bridgehead atoms. The maximum atomic E-state index is 6.06. The summed E-state index contributed by atoms with van der Waals surface area (Å²) in [6.45, 7) is 4.37. The molecule has 3 nitrogen and oxygen atoms in total. The van der Waals surface area contributed by atoms with Gasteiger partial charge in [-0.15, -0.1) is 0 Å². The van der Waals surface area contributed by atoms with Gasteiger partial charge in [-0.2, -0.15) is 0 Å². The fourth-order valence-electron chi connectivity index (χ4n) is 2.42. The van der Waals surface area contributed by atoms with Gasteiger partial charge in [0.15, 0.2) is 0 Å². The number of amidine groups is 1. The van der Waals surface area contributed by atoms with E-state index in [4.69, 9.17) is 11.5 Å². The van der Waals surface area contributed by atoms with Gasteiger partial charge >= 0.3 is 0 Å². The highest BCUT2D eigenvalue weighted by Crippen LogP contribution is 2.21. The Kier molecular flexibility index (Phi) is 4.02. The monoisotopic (exact) mass is 245 g/mol. The van der Waals surface area contributed by atoms with Crippen molar-refractivity contribution in [3.8, 4) is 0 Å². The second-order valence-electron chi connectivity index (χ2n) is 5.45. The Morgan fingerprint density at radius 3 is 2.39 bits per heavy atom. The zero-order valence-corrected chi connectivity index (χ0v) is 11.3. The minimum absolute atomic E-state index is 0.179. The summed E-state index contributed by atoms with van der Waals surface area (Å²) in [6, 6.07) is 8.73. The Hall–Kier alpha value is -1.35. The lowest BCUT2D eigenvalue weighted by Gasteiger charge is -2.12. The first-order valence-corrected chi connectivity index (χ1v) is 6.77. The van der Waals surface area contributed by atoms with Gasteiger partial charge in [-0.1, -0.05) is 38.1 Å². The second-order valence-corrected chi connectivity index (χ2v) is 5.45. The number of aliphatic imine (C=N–C) groups is 1. The highest BCUT2D eigenvalue weighted by atomic mass is 14.9. The standard InChI is InChI=1S/C15H23N3/c1-10(2)11-6-8-12(9-7-11)15(17)18-14-5-3-4-13(14)16/h6-10,13-14H,3-5,16H2,1-2H3,(H2,17,18). The van der Waals surface area contributed by atoms with Gasteiger partial charge in [-0.25, -0.2) is 0 Å². The third-order valence-corrected chi connectivity index (χ3v) is 3.71. The van der Waals surface area contributed by atoms with Crippen LogP contribution in [0.4, 0.5) is 0 Å². The molecule has 0 heterocycles. The summed E-state index contributed by atoms with van der Waals surface area (Å²) in [4.78, 5) is 4.57. The van der Waals surface area contributed by atoms with Crippen molar-refractivity contribution in [3.05, 3.63) is 35.4 Å². The number of nitrogens with zero attached hydrogens (tertiary/aromatic N) is 1. The van der Waals surface area contributed by atoms with Crippen molar-refractivity contribution in [1.82, 2.24) is 0 Å². The second kappa shape index (κ2) is 5.53. The molecule has 0 saturated heterocycles. The molecule has 18 heavy (non-hydrogen) atoms. The number of hydrogen-bond acceptors (Lipinski definition) is 2. The van der Waals surface area contributed by atoms with Crippen LogP contribution in [0.5, 0.6) is 0 Å². The van der Waals surface area contributed by atoms with Crippen molar-refractivity contribution in [2.24, 2.45) is 16.5 Å². The fourth-order valence-corrected chi connectivity index (χ4v) is 2.42. The summed E-state index contributed by atoms with van der Waals surface area (Å²) in [6.07, 6.45) is 3.29. The Morgan fingerprint density at radius 2 is 1.89 bits per heavy atom. The minimum atomic E-state index is 0.179. The van der Waals surface area contributed by atoms with Crippen LogP contribution in [-0.4, -0.2) is 17.9 Å². The molecule has 4 N–H and O–H groups in total. The third-order valence-electron chi connectivity index (χ3n) is 3.71. The van der Waals surface area contributed by atoms with E-state index in [1.54, 1.807) is 0 Å². The molecule has 0 aromatic heterocycles. The molecule has 1 aromatic rings. The van der Waals surface area contributed by atoms with Crippen LogP contribution in [0.15, 0.2) is 29.3 Å². The molecular weight excluding hydrogens is 222 g/mol. The van der Waals surface area contributed by atoms with E-state index in [2.05, 4.69) is 43.1 Å². The molecule has 0 radical (unpaired) electrons. The third kappa shape index (κ3) is 2.91. The Labute approximate surface area is 109 Å². The number of hydrogen-bond donors (Lipinski definition) is 2. The number of benzene rings is 1. The van der Waals surface area contributed by atoms with Crippen molar-refractivity contribution in [2.75, 3.05) is 0 Å². The van der Waals surface area contributed by atoms with Crippen LogP contribution in [0.3, 0.4) is 0 Å². The molecule has 1 saturated carbocycles. The first-order valence-electron chi connectivity index (χ1n) is 6.77. The topological polar surface area (TPSA) is 64.4 Å². The van der Waals surface area contributed by atoms with Crippen LogP contribution >= 0.6 is 0 Å². The van der Waals surface area contributed by atoms with Gasteiger partial charge in [0.2, 0.25) is 0 Å². The van der Waals surface area contributed by atoms with Gasteiger partial charge in [-0.3, -0.25) is 4.99 Å². The summed E-state index contributed by atoms with van der Waals surface area (Å²) >= 11 is 0. The summed E-state index contributed by atoms with van der Waals surface area (Å²) in [5, 5.41) is 0. The van der Waals surface area contributed by atoms with Crippen LogP contribution in [0, 0.1) is 0 Å². The molecule has 0 amide bonds. The minimum Gasteiger partial charge on any atom is -0.383 e. The first-order chi connectivity index (χ1) is 8.58. The molecule has 0 aliphatic heterocycles. The predicted octanol–water partition coefficient (Wildman–Crippen LogP) is 2.40. The Bertz CT molecular complexity index is 420. The maximum Gasteiger partial charge on any atom is 0.125 e. The average Bonchev–Trinajstić information content (AvgIpc) is 2.75. The fraction of sp³-hybridized carbons (Fsp3) is 0.533. The normalized spacial score (nSPS) is 24.8. The van der Waals surface area contributed by atoms with Gasteiger partial charge in [0.05, 0.1) is 6.04 Å². The van der Waals surface area contributed by atoms with E-state index in [-0.39, 0.29) is 12.1 Å². The Balaban J connectivity index is 2.13. The molecule has 1 aliphatic rings. The summed E-state index contributed by atoms with van der Waals surface area (Å²) < 4.78 is 0. The highest BCUT2D eigenvalue weighted by molar-refractivity contribution is 5.97. The molecule has 1 aromatic carbocycles. The Morgan fingerprint density at radius 1 is 1.22 bits per heavy atom. The van der Waals surface area contributed by atoms with Crippen LogP contribution in [0.1, 0.15) is 50.2 Å². The lowest BCUT2D eigenvalue weighted by atomic mass is 10.0. The predicted molar refractivity (Wildman–Crippen MR) is 76.9 cm³/mol. The molecule has 2 atom stereocenters. The van der Waals surface area contributed by atoms with Crippen LogP contribution in [0.2, 0.25) is 0 Å². The van der Waals surface area contributed by atoms with E-state index in [0.717, 1.165) is 24.8 Å². The van der Waals surface area contributed by atoms with Crippen molar-refractivity contribution < 1.29 is 0 Å². The smallest absolute Gasteiger partial charge is 0.125 e. The number of rotatable bonds is 3. The van der Waals surface area contributed by atoms with Gasteiger partial charge in [-0.05, 0) is 30.7 Å². The lowest BCUT2D eigenvalue weighted by molar-refractivity contribution is 0.605. The summed E-state index contributed by atoms with van der Waals surface area (Å²) in [7, 11) is 0. The van der Waals surface area contributed by atoms with Gasteiger partial charge in [0.25, 0.3) is 0 Å². The zero-order chi connectivity index (χ0) is 13.1. The molecule has 1 fully saturated rings. The van der Waals surface area contributed by atoms with Gasteiger partial charge in [0, 0.05) is 11.6 Å². The van der Waals surface area contributed by atoms with Crippen molar-refractivity contribution >= 4 is 5.84 Å². The zero-order valence-electron chi connectivity index (χ0n) is 11.3. The van der Waals surface area contributed by atoms with E-state index in [1.807, 2.05) is 0 Å². The molecule has 0 spiro atoms. The maximum absolute atomic E-state index is 6.06. The van der Waals surface area contributed by atoms with Crippen LogP contribution in [-0.2, 0) is 0 Å². The summed E-state index contributed by atoms with van der Waals surface area (Å²) in [5.41, 5.74) is 14.4. The SMILES string of the molecule is CC(C)c1ccc(C(N)=NC2CCCC2N)cc1. The van der Waals surface area contributed by atoms with Gasteiger partial charge < -0.3 is 11.5 Å².